The highest BCUT2D eigenvalue weighted by Crippen LogP contribution is 2.19. The molecule has 5 nitrogen and oxygen atoms in total. The molecule has 2 N–H and O–H groups in total. The van der Waals surface area contributed by atoms with Gasteiger partial charge in [-0.25, -0.2) is 4.98 Å². The summed E-state index contributed by atoms with van der Waals surface area (Å²) in [6.45, 7) is 2.94. The summed E-state index contributed by atoms with van der Waals surface area (Å²) in [6.07, 6.45) is 0.811. The maximum absolute atomic E-state index is 5.66. The van der Waals surface area contributed by atoms with Crippen LogP contribution >= 0.6 is 11.3 Å². The molecule has 0 aliphatic heterocycles. The van der Waals surface area contributed by atoms with E-state index in [1.54, 1.807) is 25.6 Å². The predicted molar refractivity (Wildman–Crippen MR) is 67.1 cm³/mol. The van der Waals surface area contributed by atoms with Crippen LogP contribution in [-0.2, 0) is 33.8 Å². The SMILES string of the molecule is COCCOCCc1nc(COC)c(CN)s1. The maximum atomic E-state index is 5.66. The van der Waals surface area contributed by atoms with Gasteiger partial charge in [0.25, 0.3) is 0 Å². The van der Waals surface area contributed by atoms with Crippen molar-refractivity contribution in [2.45, 2.75) is 19.6 Å². The highest BCUT2D eigenvalue weighted by Gasteiger charge is 2.09. The van der Waals surface area contributed by atoms with Gasteiger partial charge in [-0.2, -0.15) is 0 Å². The molecule has 1 aromatic heterocycles. The van der Waals surface area contributed by atoms with E-state index in [4.69, 9.17) is 19.9 Å². The molecule has 0 unspecified atom stereocenters. The monoisotopic (exact) mass is 260 g/mol. The number of methoxy groups -OCH3 is 2. The lowest BCUT2D eigenvalue weighted by atomic mass is 10.4. The van der Waals surface area contributed by atoms with Crippen molar-refractivity contribution in [3.63, 3.8) is 0 Å². The Kier molecular flexibility index (Phi) is 7.30. The summed E-state index contributed by atoms with van der Waals surface area (Å²) in [4.78, 5) is 5.59. The van der Waals surface area contributed by atoms with Crippen LogP contribution in [0.1, 0.15) is 15.6 Å². The van der Waals surface area contributed by atoms with Gasteiger partial charge in [-0.3, -0.25) is 0 Å². The molecule has 0 amide bonds. The smallest absolute Gasteiger partial charge is 0.0955 e. The van der Waals surface area contributed by atoms with E-state index in [2.05, 4.69) is 4.98 Å². The van der Waals surface area contributed by atoms with Crippen molar-refractivity contribution in [2.24, 2.45) is 5.73 Å². The predicted octanol–water partition coefficient (Wildman–Crippen LogP) is 0.954. The molecule has 0 aliphatic carbocycles. The minimum atomic E-state index is 0.515. The minimum Gasteiger partial charge on any atom is -0.382 e. The van der Waals surface area contributed by atoms with Crippen molar-refractivity contribution in [1.29, 1.82) is 0 Å². The summed E-state index contributed by atoms with van der Waals surface area (Å²) >= 11 is 1.64. The molecule has 0 saturated carbocycles. The summed E-state index contributed by atoms with van der Waals surface area (Å²) < 4.78 is 15.4. The molecule has 0 fully saturated rings. The minimum absolute atomic E-state index is 0.515. The third-order valence-corrected chi connectivity index (χ3v) is 3.36. The summed E-state index contributed by atoms with van der Waals surface area (Å²) in [7, 11) is 3.32. The first-order valence-electron chi connectivity index (χ1n) is 5.55. The summed E-state index contributed by atoms with van der Waals surface area (Å²) in [5, 5.41) is 1.05. The second-order valence-corrected chi connectivity index (χ2v) is 4.64. The van der Waals surface area contributed by atoms with Gasteiger partial charge < -0.3 is 19.9 Å². The zero-order chi connectivity index (χ0) is 12.5. The van der Waals surface area contributed by atoms with E-state index >= 15 is 0 Å². The average molecular weight is 260 g/mol. The molecule has 0 spiro atoms. The van der Waals surface area contributed by atoms with Gasteiger partial charge in [0.2, 0.25) is 0 Å². The largest absolute Gasteiger partial charge is 0.382 e. The van der Waals surface area contributed by atoms with Crippen LogP contribution in [0.5, 0.6) is 0 Å². The van der Waals surface area contributed by atoms with Gasteiger partial charge in [0.1, 0.15) is 0 Å². The number of aromatic nitrogens is 1. The Morgan fingerprint density at radius 3 is 2.65 bits per heavy atom. The first-order valence-corrected chi connectivity index (χ1v) is 6.36. The third kappa shape index (κ3) is 5.10. The van der Waals surface area contributed by atoms with Crippen LogP contribution in [-0.4, -0.2) is 39.0 Å². The van der Waals surface area contributed by atoms with Crippen LogP contribution < -0.4 is 5.73 Å². The van der Waals surface area contributed by atoms with Crippen LogP contribution in [0.25, 0.3) is 0 Å². The highest BCUT2D eigenvalue weighted by atomic mass is 32.1. The van der Waals surface area contributed by atoms with Crippen LogP contribution in [0, 0.1) is 0 Å². The fraction of sp³-hybridized carbons (Fsp3) is 0.727. The lowest BCUT2D eigenvalue weighted by molar-refractivity contribution is 0.0722. The van der Waals surface area contributed by atoms with E-state index in [0.717, 1.165) is 22.0 Å². The normalized spacial score (nSPS) is 11.0. The zero-order valence-electron chi connectivity index (χ0n) is 10.4. The number of hydrogen-bond acceptors (Lipinski definition) is 6. The van der Waals surface area contributed by atoms with E-state index < -0.39 is 0 Å². The first kappa shape index (κ1) is 14.5. The molecule has 6 heteroatoms. The van der Waals surface area contributed by atoms with E-state index in [0.29, 0.717) is 33.0 Å². The molecule has 98 valence electrons. The Balaban J connectivity index is 2.37. The molecular formula is C11H20N2O3S. The molecule has 0 aromatic carbocycles. The van der Waals surface area contributed by atoms with Crippen molar-refractivity contribution in [2.75, 3.05) is 34.0 Å². The Morgan fingerprint density at radius 1 is 1.18 bits per heavy atom. The standard InChI is InChI=1S/C11H20N2O3S/c1-14-5-6-16-4-3-11-13-9(8-15-2)10(7-12)17-11/h3-8,12H2,1-2H3. The van der Waals surface area contributed by atoms with Gasteiger partial charge in [-0.05, 0) is 0 Å². The summed E-state index contributed by atoms with van der Waals surface area (Å²) in [5.41, 5.74) is 6.61. The average Bonchev–Trinajstić information content (AvgIpc) is 2.72. The number of hydrogen-bond donors (Lipinski definition) is 1. The van der Waals surface area contributed by atoms with Crippen LogP contribution in [0.15, 0.2) is 0 Å². The second kappa shape index (κ2) is 8.54. The van der Waals surface area contributed by atoms with Gasteiger partial charge in [-0.1, -0.05) is 0 Å². The van der Waals surface area contributed by atoms with Gasteiger partial charge in [0.15, 0.2) is 0 Å². The molecule has 0 saturated heterocycles. The van der Waals surface area contributed by atoms with Crippen LogP contribution in [0.3, 0.4) is 0 Å². The van der Waals surface area contributed by atoms with Gasteiger partial charge in [0.05, 0.1) is 37.1 Å². The molecule has 0 radical (unpaired) electrons. The van der Waals surface area contributed by atoms with E-state index in [9.17, 15) is 0 Å². The Bertz CT molecular complexity index is 318. The molecule has 0 atom stereocenters. The Labute approximate surface area is 106 Å². The molecule has 0 aliphatic rings. The molecule has 17 heavy (non-hydrogen) atoms. The maximum Gasteiger partial charge on any atom is 0.0955 e. The third-order valence-electron chi connectivity index (χ3n) is 2.18. The fourth-order valence-corrected chi connectivity index (χ4v) is 2.29. The van der Waals surface area contributed by atoms with Crippen LogP contribution in [0.2, 0.25) is 0 Å². The van der Waals surface area contributed by atoms with E-state index in [-0.39, 0.29) is 0 Å². The van der Waals surface area contributed by atoms with Gasteiger partial charge >= 0.3 is 0 Å². The first-order chi connectivity index (χ1) is 8.31. The lowest BCUT2D eigenvalue weighted by Gasteiger charge is -2.00. The number of rotatable bonds is 9. The second-order valence-electron chi connectivity index (χ2n) is 3.47. The summed E-state index contributed by atoms with van der Waals surface area (Å²) in [5.74, 6) is 0. The Morgan fingerprint density at radius 2 is 2.00 bits per heavy atom. The number of nitrogens with zero attached hydrogens (tertiary/aromatic N) is 1. The van der Waals surface area contributed by atoms with E-state index in [1.165, 1.54) is 0 Å². The molecule has 0 bridgehead atoms. The zero-order valence-corrected chi connectivity index (χ0v) is 11.2. The lowest BCUT2D eigenvalue weighted by Crippen LogP contribution is -2.04. The highest BCUT2D eigenvalue weighted by molar-refractivity contribution is 7.11. The number of thiazole rings is 1. The van der Waals surface area contributed by atoms with Crippen molar-refractivity contribution >= 4 is 11.3 Å². The molecular weight excluding hydrogens is 240 g/mol. The van der Waals surface area contributed by atoms with E-state index in [1.807, 2.05) is 0 Å². The topological polar surface area (TPSA) is 66.6 Å². The molecule has 1 aromatic rings. The van der Waals surface area contributed by atoms with Crippen molar-refractivity contribution in [3.8, 4) is 0 Å². The van der Waals surface area contributed by atoms with Crippen molar-refractivity contribution < 1.29 is 14.2 Å². The van der Waals surface area contributed by atoms with Crippen molar-refractivity contribution in [3.05, 3.63) is 15.6 Å². The Hall–Kier alpha value is -0.530. The van der Waals surface area contributed by atoms with Gasteiger partial charge in [0, 0.05) is 32.1 Å². The number of ether oxygens (including phenoxy) is 3. The summed E-state index contributed by atoms with van der Waals surface area (Å²) in [6, 6.07) is 0. The fourth-order valence-electron chi connectivity index (χ4n) is 1.36. The van der Waals surface area contributed by atoms with Gasteiger partial charge in [-0.15, -0.1) is 11.3 Å². The van der Waals surface area contributed by atoms with Crippen LogP contribution in [0.4, 0.5) is 0 Å². The van der Waals surface area contributed by atoms with Crippen molar-refractivity contribution in [1.82, 2.24) is 4.98 Å². The quantitative estimate of drug-likeness (QED) is 0.670. The molecule has 1 rings (SSSR count). The molecule has 1 heterocycles. The number of nitrogens with two attached hydrogens (primary N) is 1.